The van der Waals surface area contributed by atoms with Crippen LogP contribution in [-0.2, 0) is 14.0 Å². The topological polar surface area (TPSA) is 43.4 Å². The van der Waals surface area contributed by atoms with Crippen molar-refractivity contribution in [3.63, 3.8) is 0 Å². The SMILES string of the molecule is CC(/C=C/C=C/C=C/C=C/C(=O)CC(=O)SC(C)(C)C)=C\[C@H](C)[C@H](O[Si](c1ccccc1)(c1ccccc1)C(C)(C)C)C(C)C. The Hall–Kier alpha value is -2.99. The Bertz CT molecular complexity index is 1330. The van der Waals surface area contributed by atoms with Gasteiger partial charge in [-0.25, -0.2) is 0 Å². The zero-order valence-electron chi connectivity index (χ0n) is 29.0. The van der Waals surface area contributed by atoms with Crippen LogP contribution in [0.2, 0.25) is 5.04 Å². The molecule has 0 aromatic heterocycles. The lowest BCUT2D eigenvalue weighted by Crippen LogP contribution is -2.68. The summed E-state index contributed by atoms with van der Waals surface area (Å²) in [5, 5.41) is 2.42. The van der Waals surface area contributed by atoms with Crippen molar-refractivity contribution in [1.29, 1.82) is 0 Å². The van der Waals surface area contributed by atoms with Crippen LogP contribution in [0.4, 0.5) is 0 Å². The van der Waals surface area contributed by atoms with E-state index in [0.717, 1.165) is 0 Å². The molecule has 3 nitrogen and oxygen atoms in total. The predicted octanol–water partition coefficient (Wildman–Crippen LogP) is 9.41. The van der Waals surface area contributed by atoms with Gasteiger partial charge in [0.15, 0.2) is 10.9 Å². The maximum atomic E-state index is 12.0. The smallest absolute Gasteiger partial charge is 0.261 e. The van der Waals surface area contributed by atoms with Crippen LogP contribution >= 0.6 is 11.8 Å². The zero-order valence-corrected chi connectivity index (χ0v) is 30.9. The molecule has 0 unspecified atom stereocenters. The predicted molar refractivity (Wildman–Crippen MR) is 199 cm³/mol. The molecule has 0 N–H and O–H groups in total. The molecule has 0 aliphatic rings. The zero-order chi connectivity index (χ0) is 33.7. The van der Waals surface area contributed by atoms with E-state index >= 15 is 0 Å². The minimum Gasteiger partial charge on any atom is -0.404 e. The minimum absolute atomic E-state index is 0.0370. The molecule has 2 aromatic carbocycles. The highest BCUT2D eigenvalue weighted by atomic mass is 32.2. The molecular formula is C40H54O3SSi. The summed E-state index contributed by atoms with van der Waals surface area (Å²) in [6.07, 6.45) is 17.1. The molecule has 242 valence electrons. The molecule has 0 heterocycles. The maximum absolute atomic E-state index is 12.0. The molecule has 2 aromatic rings. The number of thioether (sulfide) groups is 1. The van der Waals surface area contributed by atoms with Crippen LogP contribution in [0, 0.1) is 11.8 Å². The van der Waals surface area contributed by atoms with Gasteiger partial charge in [0, 0.05) is 4.75 Å². The number of hydrogen-bond donors (Lipinski definition) is 0. The van der Waals surface area contributed by atoms with Gasteiger partial charge in [0.25, 0.3) is 8.32 Å². The lowest BCUT2D eigenvalue weighted by molar-refractivity contribution is -0.120. The fraction of sp³-hybridized carbons (Fsp3) is 0.400. The lowest BCUT2D eigenvalue weighted by atomic mass is 9.93. The Morgan fingerprint density at radius 1 is 0.756 bits per heavy atom. The Labute approximate surface area is 278 Å². The molecule has 0 fully saturated rings. The summed E-state index contributed by atoms with van der Waals surface area (Å²) in [5.41, 5.74) is 1.18. The van der Waals surface area contributed by atoms with Gasteiger partial charge in [-0.3, -0.25) is 9.59 Å². The van der Waals surface area contributed by atoms with Gasteiger partial charge in [0.1, 0.15) is 0 Å². The first-order valence-electron chi connectivity index (χ1n) is 16.0. The van der Waals surface area contributed by atoms with Crippen molar-refractivity contribution in [3.05, 3.63) is 121 Å². The van der Waals surface area contributed by atoms with Crippen LogP contribution in [-0.4, -0.2) is 30.1 Å². The van der Waals surface area contributed by atoms with E-state index in [1.54, 1.807) is 12.2 Å². The van der Waals surface area contributed by atoms with Gasteiger partial charge in [-0.05, 0) is 40.2 Å². The number of benzene rings is 2. The molecule has 2 rings (SSSR count). The molecule has 0 saturated carbocycles. The van der Waals surface area contributed by atoms with E-state index in [9.17, 15) is 9.59 Å². The summed E-state index contributed by atoms with van der Waals surface area (Å²) in [5.74, 6) is 0.352. The summed E-state index contributed by atoms with van der Waals surface area (Å²) in [4.78, 5) is 23.9. The summed E-state index contributed by atoms with van der Waals surface area (Å²) >= 11 is 1.21. The number of allylic oxidation sites excluding steroid dienone is 9. The van der Waals surface area contributed by atoms with Crippen LogP contribution < -0.4 is 10.4 Å². The van der Waals surface area contributed by atoms with Crippen molar-refractivity contribution in [2.75, 3.05) is 0 Å². The average Bonchev–Trinajstić information content (AvgIpc) is 2.94. The highest BCUT2D eigenvalue weighted by molar-refractivity contribution is 8.14. The van der Waals surface area contributed by atoms with Gasteiger partial charge in [-0.15, -0.1) is 0 Å². The standard InChI is InChI=1S/C40H54O3SSi/c1-31(2)38(43-45(40(8,9)10,35-25-19-15-20-26-35)36-27-21-16-22-28-36)33(4)29-32(3)23-17-13-11-12-14-18-24-34(41)30-37(42)44-39(5,6)7/h11-29,31,33,38H,30H2,1-10H3/b13-11+,14-12+,23-17+,24-18+,32-29+/t33-,38+/m0/s1. The average molecular weight is 643 g/mol. The third-order valence-electron chi connectivity index (χ3n) is 7.37. The van der Waals surface area contributed by atoms with Crippen LogP contribution in [0.15, 0.2) is 121 Å². The van der Waals surface area contributed by atoms with E-state index in [0.29, 0.717) is 5.92 Å². The second-order valence-electron chi connectivity index (χ2n) is 14.0. The normalized spacial score (nSPS) is 15.1. The fourth-order valence-electron chi connectivity index (χ4n) is 5.52. The van der Waals surface area contributed by atoms with Gasteiger partial charge < -0.3 is 4.43 Å². The number of carbonyl (C=O) groups excluding carboxylic acids is 2. The van der Waals surface area contributed by atoms with Gasteiger partial charge >= 0.3 is 0 Å². The van der Waals surface area contributed by atoms with E-state index in [-0.39, 0.29) is 39.1 Å². The van der Waals surface area contributed by atoms with Gasteiger partial charge in [0.2, 0.25) is 0 Å². The molecule has 0 aliphatic heterocycles. The number of hydrogen-bond acceptors (Lipinski definition) is 4. The Morgan fingerprint density at radius 2 is 1.22 bits per heavy atom. The second kappa shape index (κ2) is 17.6. The first kappa shape index (κ1) is 38.2. The minimum atomic E-state index is -2.67. The van der Waals surface area contributed by atoms with Crippen molar-refractivity contribution in [1.82, 2.24) is 0 Å². The van der Waals surface area contributed by atoms with Crippen molar-refractivity contribution >= 4 is 41.4 Å². The summed E-state index contributed by atoms with van der Waals surface area (Å²) in [7, 11) is -2.67. The highest BCUT2D eigenvalue weighted by Crippen LogP contribution is 2.39. The van der Waals surface area contributed by atoms with E-state index in [1.807, 2.05) is 45.1 Å². The van der Waals surface area contributed by atoms with Crippen LogP contribution in [0.25, 0.3) is 0 Å². The quantitative estimate of drug-likeness (QED) is 0.0891. The molecule has 0 spiro atoms. The largest absolute Gasteiger partial charge is 0.404 e. The van der Waals surface area contributed by atoms with Crippen molar-refractivity contribution in [3.8, 4) is 0 Å². The second-order valence-corrected chi connectivity index (χ2v) is 20.1. The van der Waals surface area contributed by atoms with Crippen molar-refractivity contribution < 1.29 is 14.0 Å². The molecular weight excluding hydrogens is 589 g/mol. The summed E-state index contributed by atoms with van der Waals surface area (Å²) in [6, 6.07) is 21.7. The molecule has 5 heteroatoms. The summed E-state index contributed by atoms with van der Waals surface area (Å²) < 4.78 is 7.35. The lowest BCUT2D eigenvalue weighted by Gasteiger charge is -2.47. The molecule has 0 aliphatic carbocycles. The third kappa shape index (κ3) is 12.4. The maximum Gasteiger partial charge on any atom is 0.261 e. The van der Waals surface area contributed by atoms with Crippen molar-refractivity contribution in [2.45, 2.75) is 91.5 Å². The first-order valence-corrected chi connectivity index (χ1v) is 18.7. The van der Waals surface area contributed by atoms with Gasteiger partial charge in [-0.2, -0.15) is 0 Å². The molecule has 2 atom stereocenters. The Balaban J connectivity index is 2.16. The Morgan fingerprint density at radius 3 is 1.67 bits per heavy atom. The number of carbonyl (C=O) groups is 2. The van der Waals surface area contributed by atoms with E-state index in [4.69, 9.17) is 4.43 Å². The van der Waals surface area contributed by atoms with E-state index in [2.05, 4.69) is 121 Å². The third-order valence-corrected chi connectivity index (χ3v) is 13.4. The first-order chi connectivity index (χ1) is 21.1. The monoisotopic (exact) mass is 642 g/mol. The molecule has 0 amide bonds. The number of rotatable bonds is 14. The number of ketones is 1. The fourth-order valence-corrected chi connectivity index (χ4v) is 11.3. The van der Waals surface area contributed by atoms with Crippen LogP contribution in [0.1, 0.15) is 75.7 Å². The molecule has 45 heavy (non-hydrogen) atoms. The van der Waals surface area contributed by atoms with E-state index in [1.165, 1.54) is 33.8 Å². The molecule has 0 bridgehead atoms. The van der Waals surface area contributed by atoms with E-state index < -0.39 is 8.32 Å². The van der Waals surface area contributed by atoms with Crippen LogP contribution in [0.3, 0.4) is 0 Å². The molecule has 0 saturated heterocycles. The summed E-state index contributed by atoms with van der Waals surface area (Å²) in [6.45, 7) is 21.8. The van der Waals surface area contributed by atoms with Gasteiger partial charge in [-0.1, -0.05) is 189 Å². The Kier molecular flexibility index (Phi) is 15.0. The highest BCUT2D eigenvalue weighted by Gasteiger charge is 2.52. The molecule has 0 radical (unpaired) electrons. The van der Waals surface area contributed by atoms with Crippen LogP contribution in [0.5, 0.6) is 0 Å². The van der Waals surface area contributed by atoms with Crippen molar-refractivity contribution in [2.24, 2.45) is 11.8 Å². The van der Waals surface area contributed by atoms with Gasteiger partial charge in [0.05, 0.1) is 12.5 Å².